The maximum atomic E-state index is 11.0. The molecular formula is C10H18O3. The molecule has 0 aromatic rings. The molecule has 0 saturated heterocycles. The molecule has 0 bridgehead atoms. The van der Waals surface area contributed by atoms with Gasteiger partial charge in [0.25, 0.3) is 0 Å². The van der Waals surface area contributed by atoms with E-state index in [-0.39, 0.29) is 5.76 Å². The molecule has 13 heavy (non-hydrogen) atoms. The second-order valence-electron chi connectivity index (χ2n) is 2.76. The lowest BCUT2D eigenvalue weighted by Gasteiger charge is -2.07. The summed E-state index contributed by atoms with van der Waals surface area (Å²) in [7, 11) is 0. The van der Waals surface area contributed by atoms with Gasteiger partial charge in [-0.05, 0) is 19.4 Å². The lowest BCUT2D eigenvalue weighted by Crippen LogP contribution is -2.10. The highest BCUT2D eigenvalue weighted by atomic mass is 16.6. The molecule has 0 saturated carbocycles. The fourth-order valence-electron chi connectivity index (χ4n) is 0.674. The Balaban J connectivity index is 3.51. The number of hydrogen-bond acceptors (Lipinski definition) is 3. The Morgan fingerprint density at radius 2 is 1.85 bits per heavy atom. The Morgan fingerprint density at radius 1 is 1.15 bits per heavy atom. The summed E-state index contributed by atoms with van der Waals surface area (Å²) < 4.78 is 9.89. The van der Waals surface area contributed by atoms with Crippen LogP contribution < -0.4 is 0 Å². The smallest absolute Gasteiger partial charge is 0.372 e. The number of rotatable bonds is 7. The predicted octanol–water partition coefficient (Wildman–Crippen LogP) is 2.27. The first-order chi connectivity index (χ1) is 6.22. The second kappa shape index (κ2) is 7.65. The van der Waals surface area contributed by atoms with Gasteiger partial charge in [0.1, 0.15) is 0 Å². The molecule has 76 valence electrons. The molecule has 0 aliphatic rings. The van der Waals surface area contributed by atoms with E-state index in [9.17, 15) is 4.79 Å². The summed E-state index contributed by atoms with van der Waals surface area (Å²) in [5.74, 6) is -0.333. The fraction of sp³-hybridized carbons (Fsp3) is 0.700. The normalized spacial score (nSPS) is 9.38. The van der Waals surface area contributed by atoms with E-state index in [0.29, 0.717) is 13.2 Å². The summed E-state index contributed by atoms with van der Waals surface area (Å²) in [6, 6.07) is 0. The van der Waals surface area contributed by atoms with Crippen LogP contribution in [0.15, 0.2) is 12.3 Å². The maximum Gasteiger partial charge on any atom is 0.372 e. The van der Waals surface area contributed by atoms with Crippen molar-refractivity contribution in [2.24, 2.45) is 0 Å². The Labute approximate surface area is 79.7 Å². The molecule has 0 aliphatic heterocycles. The van der Waals surface area contributed by atoms with Gasteiger partial charge in [-0.3, -0.25) is 0 Å². The van der Waals surface area contributed by atoms with Crippen LogP contribution in [-0.2, 0) is 14.3 Å². The third kappa shape index (κ3) is 6.20. The summed E-state index contributed by atoms with van der Waals surface area (Å²) in [6.45, 7) is 8.44. The standard InChI is InChI=1S/C10H18O3/c1-4-6-8-12-9(3)10(11)13-7-5-2/h3-8H2,1-2H3. The Morgan fingerprint density at radius 3 is 2.38 bits per heavy atom. The monoisotopic (exact) mass is 186 g/mol. The first-order valence-corrected chi connectivity index (χ1v) is 4.71. The number of carbonyl (C=O) groups is 1. The predicted molar refractivity (Wildman–Crippen MR) is 51.3 cm³/mol. The minimum atomic E-state index is -0.446. The highest BCUT2D eigenvalue weighted by Gasteiger charge is 2.08. The van der Waals surface area contributed by atoms with Crippen LogP contribution in [0.3, 0.4) is 0 Å². The van der Waals surface area contributed by atoms with Crippen molar-refractivity contribution >= 4 is 5.97 Å². The van der Waals surface area contributed by atoms with Gasteiger partial charge in [-0.25, -0.2) is 4.79 Å². The van der Waals surface area contributed by atoms with Crippen LogP contribution >= 0.6 is 0 Å². The molecular weight excluding hydrogens is 168 g/mol. The van der Waals surface area contributed by atoms with Crippen LogP contribution in [0.1, 0.15) is 33.1 Å². The average molecular weight is 186 g/mol. The topological polar surface area (TPSA) is 35.5 Å². The van der Waals surface area contributed by atoms with E-state index in [1.54, 1.807) is 0 Å². The zero-order valence-corrected chi connectivity index (χ0v) is 8.47. The molecule has 0 aliphatic carbocycles. The SMILES string of the molecule is C=C(OCCCC)C(=O)OCCC. The molecule has 0 unspecified atom stereocenters. The largest absolute Gasteiger partial charge is 0.487 e. The van der Waals surface area contributed by atoms with Crippen molar-refractivity contribution in [3.05, 3.63) is 12.3 Å². The summed E-state index contributed by atoms with van der Waals surface area (Å²) in [4.78, 5) is 11.0. The quantitative estimate of drug-likeness (QED) is 0.265. The van der Waals surface area contributed by atoms with Crippen molar-refractivity contribution in [2.75, 3.05) is 13.2 Å². The van der Waals surface area contributed by atoms with Crippen molar-refractivity contribution in [2.45, 2.75) is 33.1 Å². The molecule has 0 heterocycles. The van der Waals surface area contributed by atoms with Gasteiger partial charge < -0.3 is 9.47 Å². The number of hydrogen-bond donors (Lipinski definition) is 0. The molecule has 0 radical (unpaired) electrons. The van der Waals surface area contributed by atoms with Gasteiger partial charge in [0, 0.05) is 0 Å². The highest BCUT2D eigenvalue weighted by Crippen LogP contribution is 2.00. The Bertz CT molecular complexity index is 164. The zero-order valence-electron chi connectivity index (χ0n) is 8.47. The Kier molecular flexibility index (Phi) is 7.07. The first-order valence-electron chi connectivity index (χ1n) is 4.71. The van der Waals surface area contributed by atoms with Gasteiger partial charge in [-0.2, -0.15) is 0 Å². The third-order valence-electron chi connectivity index (χ3n) is 1.44. The second-order valence-corrected chi connectivity index (χ2v) is 2.76. The van der Waals surface area contributed by atoms with Gasteiger partial charge in [0.2, 0.25) is 0 Å². The Hall–Kier alpha value is -0.990. The van der Waals surface area contributed by atoms with E-state index in [0.717, 1.165) is 19.3 Å². The number of esters is 1. The molecule has 0 rings (SSSR count). The van der Waals surface area contributed by atoms with E-state index in [1.807, 2.05) is 6.92 Å². The molecule has 0 spiro atoms. The van der Waals surface area contributed by atoms with Crippen molar-refractivity contribution in [3.63, 3.8) is 0 Å². The molecule has 3 heteroatoms. The summed E-state index contributed by atoms with van der Waals surface area (Å²) in [5, 5.41) is 0. The van der Waals surface area contributed by atoms with Gasteiger partial charge >= 0.3 is 5.97 Å². The van der Waals surface area contributed by atoms with E-state index in [1.165, 1.54) is 0 Å². The molecule has 0 aromatic carbocycles. The minimum absolute atomic E-state index is 0.113. The highest BCUT2D eigenvalue weighted by molar-refractivity contribution is 5.85. The molecule has 3 nitrogen and oxygen atoms in total. The summed E-state index contributed by atoms with van der Waals surface area (Å²) in [6.07, 6.45) is 2.78. The van der Waals surface area contributed by atoms with Crippen LogP contribution in [0, 0.1) is 0 Å². The minimum Gasteiger partial charge on any atom is -0.487 e. The molecule has 0 amide bonds. The van der Waals surface area contributed by atoms with Gasteiger partial charge in [0.05, 0.1) is 13.2 Å². The van der Waals surface area contributed by atoms with Crippen LogP contribution in [0.5, 0.6) is 0 Å². The van der Waals surface area contributed by atoms with E-state index >= 15 is 0 Å². The molecule has 0 N–H and O–H groups in total. The van der Waals surface area contributed by atoms with Crippen LogP contribution in [0.2, 0.25) is 0 Å². The van der Waals surface area contributed by atoms with Crippen molar-refractivity contribution in [1.29, 1.82) is 0 Å². The number of unbranched alkanes of at least 4 members (excludes halogenated alkanes) is 1. The fourth-order valence-corrected chi connectivity index (χ4v) is 0.674. The maximum absolute atomic E-state index is 11.0. The first kappa shape index (κ1) is 12.0. The molecule has 0 fully saturated rings. The number of ether oxygens (including phenoxy) is 2. The van der Waals surface area contributed by atoms with Gasteiger partial charge in [-0.15, -0.1) is 0 Å². The van der Waals surface area contributed by atoms with Crippen LogP contribution in [0.4, 0.5) is 0 Å². The average Bonchev–Trinajstić information content (AvgIpc) is 2.14. The summed E-state index contributed by atoms with van der Waals surface area (Å²) in [5.41, 5.74) is 0. The zero-order chi connectivity index (χ0) is 10.1. The van der Waals surface area contributed by atoms with Crippen LogP contribution in [-0.4, -0.2) is 19.2 Å². The third-order valence-corrected chi connectivity index (χ3v) is 1.44. The van der Waals surface area contributed by atoms with Gasteiger partial charge in [-0.1, -0.05) is 20.3 Å². The van der Waals surface area contributed by atoms with Crippen molar-refractivity contribution < 1.29 is 14.3 Å². The number of carbonyl (C=O) groups excluding carboxylic acids is 1. The van der Waals surface area contributed by atoms with Gasteiger partial charge in [0.15, 0.2) is 5.76 Å². The van der Waals surface area contributed by atoms with E-state index in [2.05, 4.69) is 13.5 Å². The molecule has 0 atom stereocenters. The van der Waals surface area contributed by atoms with E-state index in [4.69, 9.17) is 9.47 Å². The van der Waals surface area contributed by atoms with Crippen molar-refractivity contribution in [1.82, 2.24) is 0 Å². The van der Waals surface area contributed by atoms with Crippen molar-refractivity contribution in [3.8, 4) is 0 Å². The van der Waals surface area contributed by atoms with Crippen LogP contribution in [0.25, 0.3) is 0 Å². The summed E-state index contributed by atoms with van der Waals surface area (Å²) >= 11 is 0. The van der Waals surface area contributed by atoms with E-state index < -0.39 is 5.97 Å². The lowest BCUT2D eigenvalue weighted by atomic mass is 10.4. The molecule has 0 aromatic heterocycles. The lowest BCUT2D eigenvalue weighted by molar-refractivity contribution is -0.143.